The van der Waals surface area contributed by atoms with Gasteiger partial charge in [0.15, 0.2) is 0 Å². The van der Waals surface area contributed by atoms with Crippen LogP contribution in [0.1, 0.15) is 22.8 Å². The molecule has 0 aliphatic rings. The maximum atomic E-state index is 10.1. The molecule has 1 nitrogen and oxygen atoms in total. The topological polar surface area (TPSA) is 20.2 Å². The van der Waals surface area contributed by atoms with Gasteiger partial charge in [0.2, 0.25) is 0 Å². The van der Waals surface area contributed by atoms with E-state index in [1.54, 1.807) is 0 Å². The molecule has 0 spiro atoms. The Labute approximate surface area is 114 Å². The van der Waals surface area contributed by atoms with Gasteiger partial charge in [-0.1, -0.05) is 72.8 Å². The van der Waals surface area contributed by atoms with Gasteiger partial charge in [-0.15, -0.1) is 6.58 Å². The number of hydrogen-bond donors (Lipinski definition) is 1. The van der Waals surface area contributed by atoms with Gasteiger partial charge >= 0.3 is 0 Å². The molecule has 96 valence electrons. The number of allylic oxidation sites excluding steroid dienone is 1. The molecule has 0 bridgehead atoms. The predicted octanol–water partition coefficient (Wildman–Crippen LogP) is 4.16. The smallest absolute Gasteiger partial charge is 0.0975 e. The van der Waals surface area contributed by atoms with E-state index in [-0.39, 0.29) is 0 Å². The van der Waals surface area contributed by atoms with Gasteiger partial charge in [-0.25, -0.2) is 0 Å². The zero-order valence-corrected chi connectivity index (χ0v) is 10.9. The van der Waals surface area contributed by atoms with E-state index in [1.807, 2.05) is 66.8 Å². The molecule has 0 saturated carbocycles. The number of aliphatic hydroxyl groups excluding tert-OH is 1. The second-order valence-electron chi connectivity index (χ2n) is 4.41. The van der Waals surface area contributed by atoms with Gasteiger partial charge in [0, 0.05) is 0 Å². The summed E-state index contributed by atoms with van der Waals surface area (Å²) in [6.07, 6.45) is 5.94. The largest absolute Gasteiger partial charge is 0.384 e. The van der Waals surface area contributed by atoms with E-state index < -0.39 is 6.10 Å². The van der Waals surface area contributed by atoms with Crippen LogP contribution in [0.4, 0.5) is 0 Å². The molecule has 1 N–H and O–H groups in total. The SMILES string of the molecule is C=CCc1ccccc1/C=C/C(O)c1ccccc1. The molecular formula is C18H18O. The molecule has 2 aromatic carbocycles. The van der Waals surface area contributed by atoms with Gasteiger partial charge in [-0.2, -0.15) is 0 Å². The average molecular weight is 250 g/mol. The van der Waals surface area contributed by atoms with Crippen molar-refractivity contribution in [2.24, 2.45) is 0 Å². The first-order valence-corrected chi connectivity index (χ1v) is 6.41. The van der Waals surface area contributed by atoms with Crippen molar-refractivity contribution in [3.63, 3.8) is 0 Å². The van der Waals surface area contributed by atoms with Crippen molar-refractivity contribution in [2.75, 3.05) is 0 Å². The monoisotopic (exact) mass is 250 g/mol. The summed E-state index contributed by atoms with van der Waals surface area (Å²) in [5.74, 6) is 0. The van der Waals surface area contributed by atoms with E-state index in [4.69, 9.17) is 0 Å². The molecular weight excluding hydrogens is 232 g/mol. The highest BCUT2D eigenvalue weighted by atomic mass is 16.3. The van der Waals surface area contributed by atoms with Crippen LogP contribution < -0.4 is 0 Å². The maximum Gasteiger partial charge on any atom is 0.0975 e. The zero-order valence-electron chi connectivity index (χ0n) is 10.9. The summed E-state index contributed by atoms with van der Waals surface area (Å²) in [5.41, 5.74) is 3.24. The van der Waals surface area contributed by atoms with Crippen LogP contribution in [0.3, 0.4) is 0 Å². The third-order valence-corrected chi connectivity index (χ3v) is 3.02. The fourth-order valence-corrected chi connectivity index (χ4v) is 1.99. The minimum absolute atomic E-state index is 0.571. The zero-order chi connectivity index (χ0) is 13.5. The number of hydrogen-bond acceptors (Lipinski definition) is 1. The van der Waals surface area contributed by atoms with Gasteiger partial charge in [0.1, 0.15) is 0 Å². The lowest BCUT2D eigenvalue weighted by Crippen LogP contribution is -1.92. The van der Waals surface area contributed by atoms with Gasteiger partial charge < -0.3 is 5.11 Å². The van der Waals surface area contributed by atoms with Crippen LogP contribution in [-0.4, -0.2) is 5.11 Å². The summed E-state index contributed by atoms with van der Waals surface area (Å²) in [6, 6.07) is 17.8. The molecule has 2 rings (SSSR count). The molecule has 0 aliphatic heterocycles. The van der Waals surface area contributed by atoms with Crippen molar-refractivity contribution >= 4 is 6.08 Å². The Morgan fingerprint density at radius 2 is 1.68 bits per heavy atom. The lowest BCUT2D eigenvalue weighted by atomic mass is 10.0. The van der Waals surface area contributed by atoms with Crippen LogP contribution in [0.2, 0.25) is 0 Å². The highest BCUT2D eigenvalue weighted by Crippen LogP contribution is 2.17. The van der Waals surface area contributed by atoms with Gasteiger partial charge in [-0.05, 0) is 23.1 Å². The fraction of sp³-hybridized carbons (Fsp3) is 0.111. The highest BCUT2D eigenvalue weighted by molar-refractivity contribution is 5.55. The molecule has 19 heavy (non-hydrogen) atoms. The summed E-state index contributed by atoms with van der Waals surface area (Å²) in [4.78, 5) is 0. The number of benzene rings is 2. The molecule has 0 radical (unpaired) electrons. The minimum Gasteiger partial charge on any atom is -0.384 e. The van der Waals surface area contributed by atoms with E-state index in [0.29, 0.717) is 0 Å². The van der Waals surface area contributed by atoms with Crippen molar-refractivity contribution in [2.45, 2.75) is 12.5 Å². The van der Waals surface area contributed by atoms with Crippen molar-refractivity contribution in [3.8, 4) is 0 Å². The van der Waals surface area contributed by atoms with Crippen LogP contribution in [0, 0.1) is 0 Å². The Bertz CT molecular complexity index is 555. The lowest BCUT2D eigenvalue weighted by Gasteiger charge is -2.06. The molecule has 0 heterocycles. The average Bonchev–Trinajstić information content (AvgIpc) is 2.47. The van der Waals surface area contributed by atoms with Crippen LogP contribution in [-0.2, 0) is 6.42 Å². The predicted molar refractivity (Wildman–Crippen MR) is 80.8 cm³/mol. The Morgan fingerprint density at radius 3 is 2.42 bits per heavy atom. The van der Waals surface area contributed by atoms with E-state index in [1.165, 1.54) is 5.56 Å². The van der Waals surface area contributed by atoms with Gasteiger partial charge in [0.05, 0.1) is 6.10 Å². The van der Waals surface area contributed by atoms with Crippen molar-refractivity contribution in [1.82, 2.24) is 0 Å². The summed E-state index contributed by atoms with van der Waals surface area (Å²) < 4.78 is 0. The molecule has 1 unspecified atom stereocenters. The lowest BCUT2D eigenvalue weighted by molar-refractivity contribution is 0.229. The third-order valence-electron chi connectivity index (χ3n) is 3.02. The summed E-state index contributed by atoms with van der Waals surface area (Å²) in [5, 5.41) is 10.1. The highest BCUT2D eigenvalue weighted by Gasteiger charge is 2.02. The van der Waals surface area contributed by atoms with Gasteiger partial charge in [-0.3, -0.25) is 0 Å². The minimum atomic E-state index is -0.571. The Hall–Kier alpha value is -2.12. The van der Waals surface area contributed by atoms with E-state index in [9.17, 15) is 5.11 Å². The fourth-order valence-electron chi connectivity index (χ4n) is 1.99. The Balaban J connectivity index is 2.16. The first-order valence-electron chi connectivity index (χ1n) is 6.41. The van der Waals surface area contributed by atoms with Crippen LogP contribution in [0.5, 0.6) is 0 Å². The Morgan fingerprint density at radius 1 is 1.00 bits per heavy atom. The molecule has 1 heteroatoms. The second kappa shape index (κ2) is 6.72. The van der Waals surface area contributed by atoms with Crippen molar-refractivity contribution < 1.29 is 5.11 Å². The summed E-state index contributed by atoms with van der Waals surface area (Å²) in [6.45, 7) is 3.77. The molecule has 1 atom stereocenters. The summed E-state index contributed by atoms with van der Waals surface area (Å²) >= 11 is 0. The van der Waals surface area contributed by atoms with Crippen molar-refractivity contribution in [1.29, 1.82) is 0 Å². The first kappa shape index (κ1) is 13.3. The molecule has 0 aliphatic carbocycles. The summed E-state index contributed by atoms with van der Waals surface area (Å²) in [7, 11) is 0. The molecule has 2 aromatic rings. The third kappa shape index (κ3) is 3.67. The second-order valence-corrected chi connectivity index (χ2v) is 4.41. The van der Waals surface area contributed by atoms with E-state index >= 15 is 0 Å². The number of aliphatic hydroxyl groups is 1. The maximum absolute atomic E-state index is 10.1. The first-order chi connectivity index (χ1) is 9.31. The molecule has 0 fully saturated rings. The van der Waals surface area contributed by atoms with Crippen LogP contribution in [0.15, 0.2) is 73.3 Å². The van der Waals surface area contributed by atoms with Crippen molar-refractivity contribution in [3.05, 3.63) is 90.0 Å². The van der Waals surface area contributed by atoms with Crippen LogP contribution in [0.25, 0.3) is 6.08 Å². The molecule has 0 saturated heterocycles. The quantitative estimate of drug-likeness (QED) is 0.790. The molecule has 0 aromatic heterocycles. The standard InChI is InChI=1S/C18H18O/c1-2-8-15-9-6-7-10-16(15)13-14-18(19)17-11-4-3-5-12-17/h2-7,9-14,18-19H,1,8H2/b14-13+. The molecule has 0 amide bonds. The van der Waals surface area contributed by atoms with Crippen LogP contribution >= 0.6 is 0 Å². The number of rotatable bonds is 5. The normalized spacial score (nSPS) is 12.5. The van der Waals surface area contributed by atoms with E-state index in [0.717, 1.165) is 17.5 Å². The Kier molecular flexibility index (Phi) is 4.71. The van der Waals surface area contributed by atoms with E-state index in [2.05, 4.69) is 12.6 Å². The van der Waals surface area contributed by atoms with Gasteiger partial charge in [0.25, 0.3) is 0 Å².